The van der Waals surface area contributed by atoms with Gasteiger partial charge in [-0.05, 0) is 159 Å². The summed E-state index contributed by atoms with van der Waals surface area (Å²) in [6, 6.07) is 0. The van der Waals surface area contributed by atoms with Crippen molar-refractivity contribution in [1.82, 2.24) is 5.32 Å². The molecule has 0 spiro atoms. The Hall–Kier alpha value is -0.350. The SMILES string of the molecule is C[C@H]1CCC2C3C(C1)OC(S[C@H]1CC4C[C@H](O)CC[C@]4(C)C4CCC5(C)C(CCC5[C@H](C)CCC(=O)NCCS(=O)(=O)O)C41)[C@H](C)C3CC[C@H]2C. The fourth-order valence-corrected chi connectivity index (χ4v) is 16.8. The van der Waals surface area contributed by atoms with Crippen LogP contribution in [0.15, 0.2) is 0 Å². The molecule has 1 saturated heterocycles. The van der Waals surface area contributed by atoms with Crippen molar-refractivity contribution in [2.75, 3.05) is 12.3 Å². The van der Waals surface area contributed by atoms with Crippen molar-refractivity contribution in [3.8, 4) is 0 Å². The Kier molecular flexibility index (Phi) is 11.4. The van der Waals surface area contributed by atoms with Gasteiger partial charge in [0.1, 0.15) is 5.44 Å². The van der Waals surface area contributed by atoms with Gasteiger partial charge >= 0.3 is 0 Å². The van der Waals surface area contributed by atoms with E-state index in [9.17, 15) is 18.3 Å². The van der Waals surface area contributed by atoms with Crippen LogP contribution >= 0.6 is 11.8 Å². The molecule has 0 radical (unpaired) electrons. The van der Waals surface area contributed by atoms with Crippen molar-refractivity contribution in [1.29, 1.82) is 0 Å². The Morgan fingerprint density at radius 1 is 0.902 bits per heavy atom. The van der Waals surface area contributed by atoms with E-state index in [0.29, 0.717) is 64.6 Å². The molecule has 0 aromatic rings. The molecule has 51 heavy (non-hydrogen) atoms. The topological polar surface area (TPSA) is 113 Å². The third-order valence-electron chi connectivity index (χ3n) is 17.4. The van der Waals surface area contributed by atoms with E-state index >= 15 is 0 Å². The van der Waals surface area contributed by atoms with Gasteiger partial charge in [-0.1, -0.05) is 54.4 Å². The Bertz CT molecular complexity index is 1360. The average molecular weight is 750 g/mol. The second kappa shape index (κ2) is 15.0. The summed E-state index contributed by atoms with van der Waals surface area (Å²) < 4.78 is 38.7. The molecule has 1 heterocycles. The van der Waals surface area contributed by atoms with Crippen LogP contribution in [0.2, 0.25) is 0 Å². The zero-order chi connectivity index (χ0) is 36.5. The quantitative estimate of drug-likeness (QED) is 0.203. The van der Waals surface area contributed by atoms with Crippen molar-refractivity contribution < 1.29 is 27.6 Å². The van der Waals surface area contributed by atoms with Crippen LogP contribution in [0.3, 0.4) is 0 Å². The average Bonchev–Trinajstić information content (AvgIpc) is 3.32. The smallest absolute Gasteiger partial charge is 0.266 e. The number of hydrogen-bond acceptors (Lipinski definition) is 6. The first-order chi connectivity index (χ1) is 24.1. The summed E-state index contributed by atoms with van der Waals surface area (Å²) in [4.78, 5) is 12.6. The minimum Gasteiger partial charge on any atom is -0.393 e. The highest BCUT2D eigenvalue weighted by Crippen LogP contribution is 2.70. The van der Waals surface area contributed by atoms with Gasteiger partial charge < -0.3 is 15.2 Å². The molecule has 7 rings (SSSR count). The van der Waals surface area contributed by atoms with E-state index in [1.165, 1.54) is 64.2 Å². The number of rotatable bonds is 9. The number of aliphatic hydroxyl groups excluding tert-OH is 1. The zero-order valence-electron chi connectivity index (χ0n) is 32.6. The molecule has 6 aliphatic carbocycles. The van der Waals surface area contributed by atoms with Crippen molar-refractivity contribution in [2.45, 2.75) is 161 Å². The van der Waals surface area contributed by atoms with E-state index in [0.717, 1.165) is 55.3 Å². The standard InChI is InChI=1S/C42H71NO6S2/c1-24-7-10-30-25(2)8-11-31-27(4)40(49-35(21-24)38(30)31)50-36-23-28-22-29(44)15-17-41(28,5)34-16-18-42(6)32(12-13-33(42)39(34)36)26(3)9-14-37(45)43-19-20-51(46,47)48/h24-36,38-40,44H,7-23H2,1-6H3,(H,43,45)(H,46,47,48)/t24-,25+,26+,27+,28?,29+,30?,31?,32?,33?,34?,35?,36-,38?,39?,40?,41-,42?/m0/s1. The monoisotopic (exact) mass is 749 g/mol. The normalized spacial score (nSPS) is 50.2. The molecule has 0 aromatic heterocycles. The van der Waals surface area contributed by atoms with Crippen LogP contribution in [-0.4, -0.2) is 59.2 Å². The minimum absolute atomic E-state index is 0.0433. The van der Waals surface area contributed by atoms with Gasteiger partial charge in [0.05, 0.1) is 18.0 Å². The molecular formula is C42H71NO6S2. The lowest BCUT2D eigenvalue weighted by atomic mass is 9.44. The number of carbonyl (C=O) groups excluding carboxylic acids is 1. The molecule has 292 valence electrons. The highest BCUT2D eigenvalue weighted by molar-refractivity contribution is 8.00. The predicted molar refractivity (Wildman–Crippen MR) is 206 cm³/mol. The van der Waals surface area contributed by atoms with Crippen LogP contribution in [-0.2, 0) is 19.6 Å². The number of ether oxygens (including phenoxy) is 1. The van der Waals surface area contributed by atoms with Crippen LogP contribution in [0.5, 0.6) is 0 Å². The molecule has 0 bridgehead atoms. The van der Waals surface area contributed by atoms with Gasteiger partial charge in [0, 0.05) is 18.2 Å². The van der Waals surface area contributed by atoms with E-state index in [1.807, 2.05) is 0 Å². The minimum atomic E-state index is -4.08. The maximum Gasteiger partial charge on any atom is 0.266 e. The van der Waals surface area contributed by atoms with Gasteiger partial charge in [0.15, 0.2) is 0 Å². The number of fused-ring (bicyclic) bond motifs is 5. The van der Waals surface area contributed by atoms with Crippen molar-refractivity contribution in [3.05, 3.63) is 0 Å². The number of carbonyl (C=O) groups is 1. The van der Waals surface area contributed by atoms with Crippen LogP contribution in [0.25, 0.3) is 0 Å². The maximum atomic E-state index is 12.6. The van der Waals surface area contributed by atoms with E-state index in [-0.39, 0.29) is 29.4 Å². The lowest BCUT2D eigenvalue weighted by Gasteiger charge is -2.64. The Morgan fingerprint density at radius 3 is 2.39 bits per heavy atom. The molecule has 11 unspecified atom stereocenters. The predicted octanol–water partition coefficient (Wildman–Crippen LogP) is 8.60. The third-order valence-corrected chi connectivity index (χ3v) is 19.7. The number of hydrogen-bond donors (Lipinski definition) is 3. The number of nitrogens with one attached hydrogen (secondary N) is 1. The number of thioether (sulfide) groups is 1. The van der Waals surface area contributed by atoms with Crippen LogP contribution in [0.4, 0.5) is 0 Å². The maximum absolute atomic E-state index is 12.6. The lowest BCUT2D eigenvalue weighted by Crippen LogP contribution is -2.59. The molecule has 3 N–H and O–H groups in total. The molecule has 7 aliphatic rings. The zero-order valence-corrected chi connectivity index (χ0v) is 34.2. The highest BCUT2D eigenvalue weighted by Gasteiger charge is 2.64. The number of aliphatic hydroxyl groups is 1. The fraction of sp³-hybridized carbons (Fsp3) is 0.976. The summed E-state index contributed by atoms with van der Waals surface area (Å²) in [5, 5.41) is 14.2. The van der Waals surface area contributed by atoms with Crippen molar-refractivity contribution in [3.63, 3.8) is 0 Å². The van der Waals surface area contributed by atoms with Gasteiger partial charge in [0.2, 0.25) is 5.91 Å². The summed E-state index contributed by atoms with van der Waals surface area (Å²) in [6.45, 7) is 15.1. The third kappa shape index (κ3) is 7.49. The van der Waals surface area contributed by atoms with E-state index in [4.69, 9.17) is 9.29 Å². The highest BCUT2D eigenvalue weighted by atomic mass is 32.2. The summed E-state index contributed by atoms with van der Waals surface area (Å²) in [5.41, 5.74) is 0.827. The molecular weight excluding hydrogens is 679 g/mol. The molecule has 9 heteroatoms. The lowest BCUT2D eigenvalue weighted by molar-refractivity contribution is -0.147. The first-order valence-corrected chi connectivity index (χ1v) is 23.8. The fourth-order valence-electron chi connectivity index (χ4n) is 14.6. The van der Waals surface area contributed by atoms with Crippen molar-refractivity contribution in [2.24, 2.45) is 81.8 Å². The second-order valence-electron chi connectivity index (χ2n) is 20.0. The van der Waals surface area contributed by atoms with E-state index in [1.54, 1.807) is 0 Å². The van der Waals surface area contributed by atoms with Gasteiger partial charge in [-0.15, -0.1) is 11.8 Å². The molecule has 6 saturated carbocycles. The van der Waals surface area contributed by atoms with Gasteiger partial charge in [-0.25, -0.2) is 0 Å². The van der Waals surface area contributed by atoms with Crippen LogP contribution in [0.1, 0.15) is 138 Å². The van der Waals surface area contributed by atoms with Crippen LogP contribution < -0.4 is 5.32 Å². The Morgan fingerprint density at radius 2 is 1.63 bits per heavy atom. The largest absolute Gasteiger partial charge is 0.393 e. The summed E-state index contributed by atoms with van der Waals surface area (Å²) in [6.07, 6.45) is 17.5. The molecule has 18 atom stereocenters. The second-order valence-corrected chi connectivity index (χ2v) is 22.9. The molecule has 0 aromatic carbocycles. The number of amides is 1. The molecule has 1 amide bonds. The first kappa shape index (κ1) is 38.9. The summed E-state index contributed by atoms with van der Waals surface area (Å²) >= 11 is 2.26. The molecule has 7 nitrogen and oxygen atoms in total. The van der Waals surface area contributed by atoms with Crippen LogP contribution in [0, 0.1) is 81.8 Å². The van der Waals surface area contributed by atoms with Gasteiger partial charge in [0.25, 0.3) is 10.1 Å². The van der Waals surface area contributed by atoms with Gasteiger partial charge in [-0.3, -0.25) is 9.35 Å². The van der Waals surface area contributed by atoms with Gasteiger partial charge in [-0.2, -0.15) is 8.42 Å². The Balaban J connectivity index is 1.10. The Labute approximate surface area is 314 Å². The molecule has 7 fully saturated rings. The first-order valence-electron chi connectivity index (χ1n) is 21.3. The summed E-state index contributed by atoms with van der Waals surface area (Å²) in [7, 11) is -4.08. The summed E-state index contributed by atoms with van der Waals surface area (Å²) in [5.74, 6) is 7.58. The van der Waals surface area contributed by atoms with E-state index in [2.05, 4.69) is 58.6 Å². The molecule has 1 aliphatic heterocycles. The van der Waals surface area contributed by atoms with E-state index < -0.39 is 15.9 Å². The van der Waals surface area contributed by atoms with Crippen molar-refractivity contribution >= 4 is 27.8 Å².